The highest BCUT2D eigenvalue weighted by molar-refractivity contribution is 8.00. The van der Waals surface area contributed by atoms with E-state index in [0.717, 1.165) is 0 Å². The van der Waals surface area contributed by atoms with Gasteiger partial charge in [-0.05, 0) is 19.9 Å². The average Bonchev–Trinajstić information content (AvgIpc) is 2.87. The lowest BCUT2D eigenvalue weighted by molar-refractivity contribution is -0.234. The minimum Gasteiger partial charge on any atom is -0.455 e. The fourth-order valence-electron chi connectivity index (χ4n) is 3.35. The molecule has 1 rings (SSSR count). The molecule has 0 N–H and O–H groups in total. The molecule has 222 valence electrons. The zero-order valence-corrected chi connectivity index (χ0v) is 26.9. The molecule has 4 unspecified atom stereocenters. The number of rotatable bonds is 19. The quantitative estimate of drug-likeness (QED) is 0.0637. The van der Waals surface area contributed by atoms with Gasteiger partial charge in [-0.25, -0.2) is 4.79 Å². The second-order valence-electron chi connectivity index (χ2n) is 8.76. The highest BCUT2D eigenvalue weighted by Gasteiger charge is 2.57. The lowest BCUT2D eigenvalue weighted by Crippen LogP contribution is -2.40. The third-order valence-corrected chi connectivity index (χ3v) is 8.29. The summed E-state index contributed by atoms with van der Waals surface area (Å²) in [6, 6.07) is 0. The second-order valence-corrected chi connectivity index (χ2v) is 12.3. The monoisotopic (exact) mass is 630 g/mol. The van der Waals surface area contributed by atoms with Crippen molar-refractivity contribution in [2.75, 3.05) is 19.8 Å². The zero-order chi connectivity index (χ0) is 29.4. The fraction of sp³-hybridized carbons (Fsp3) is 0.560. The number of carbonyl (C=O) groups excluding carboxylic acids is 1. The van der Waals surface area contributed by atoms with E-state index in [9.17, 15) is 9.36 Å². The minimum atomic E-state index is -4.95. The van der Waals surface area contributed by atoms with E-state index in [1.165, 1.54) is 19.9 Å². The van der Waals surface area contributed by atoms with Gasteiger partial charge in [-0.3, -0.25) is 4.57 Å². The van der Waals surface area contributed by atoms with Crippen LogP contribution < -0.4 is 0 Å². The third kappa shape index (κ3) is 13.3. The molecule has 0 bridgehead atoms. The summed E-state index contributed by atoms with van der Waals surface area (Å²) in [6.45, 7) is 6.21. The van der Waals surface area contributed by atoms with Crippen LogP contribution in [0.3, 0.4) is 0 Å². The molecule has 1 heterocycles. The maximum Gasteiger partial charge on any atom is 0.459 e. The SMILES string of the molecule is CCOP(=O)(OCC)C(F)(F)OC(C[C@H](\C=C/C=C\C=C\COP)OPP)C(C)(C)/C=C/[C@H]1CC=CC(=O)O1. The van der Waals surface area contributed by atoms with Crippen molar-refractivity contribution < 1.29 is 45.7 Å². The topological polar surface area (TPSA) is 89.5 Å². The van der Waals surface area contributed by atoms with Crippen LogP contribution in [0.5, 0.6) is 0 Å². The number of cyclic esters (lactones) is 1. The smallest absolute Gasteiger partial charge is 0.455 e. The molecule has 0 aromatic heterocycles. The predicted octanol–water partition coefficient (Wildman–Crippen LogP) is 7.28. The Bertz CT molecular complexity index is 927. The van der Waals surface area contributed by atoms with Gasteiger partial charge in [-0.15, -0.1) is 0 Å². The number of halogens is 2. The van der Waals surface area contributed by atoms with Crippen LogP contribution in [0.4, 0.5) is 8.78 Å². The van der Waals surface area contributed by atoms with Crippen LogP contribution in [0.2, 0.25) is 0 Å². The van der Waals surface area contributed by atoms with Crippen molar-refractivity contribution in [1.82, 2.24) is 0 Å². The molecule has 0 fully saturated rings. The standard InChI is InChI=1S/C25H40F2O8P4/c1-5-31-39(29,32-6-2)25(26,27)34-22(24(3,4)17-16-20-14-12-15-23(28)33-20)19-21(35-38-37)13-10-8-7-9-11-18-30-36/h7-13,15-17,20-22,38H,5-6,14,18-19,36-37H2,1-4H3/b8-7-,11-9+,13-10-,17-16+/t20-,21+,22?/m1/s1. The summed E-state index contributed by atoms with van der Waals surface area (Å²) in [5.41, 5.74) is -1.05. The van der Waals surface area contributed by atoms with Gasteiger partial charge in [0.2, 0.25) is 0 Å². The molecule has 39 heavy (non-hydrogen) atoms. The van der Waals surface area contributed by atoms with E-state index < -0.39 is 43.1 Å². The first-order valence-corrected chi connectivity index (χ1v) is 17.1. The first kappa shape index (κ1) is 36.4. The molecule has 0 spiro atoms. The van der Waals surface area contributed by atoms with Gasteiger partial charge in [0.1, 0.15) is 6.10 Å². The van der Waals surface area contributed by atoms with Crippen LogP contribution in [0.15, 0.2) is 60.8 Å². The zero-order valence-electron chi connectivity index (χ0n) is 22.7. The van der Waals surface area contributed by atoms with Crippen LogP contribution in [-0.4, -0.2) is 50.0 Å². The van der Waals surface area contributed by atoms with Gasteiger partial charge in [-0.2, -0.15) is 8.78 Å². The molecular formula is C25H40F2O8P4. The van der Waals surface area contributed by atoms with Gasteiger partial charge >= 0.3 is 19.4 Å². The molecule has 0 saturated carbocycles. The first-order chi connectivity index (χ1) is 18.4. The summed E-state index contributed by atoms with van der Waals surface area (Å²) in [5, 5.41) is 0. The van der Waals surface area contributed by atoms with Crippen LogP contribution in [0.1, 0.15) is 40.5 Å². The highest BCUT2D eigenvalue weighted by Crippen LogP contribution is 2.63. The number of alkyl halides is 2. The summed E-state index contributed by atoms with van der Waals surface area (Å²) < 4.78 is 74.8. The summed E-state index contributed by atoms with van der Waals surface area (Å²) in [5.74, 6) is -4.72. The number of esters is 1. The van der Waals surface area contributed by atoms with E-state index in [1.54, 1.807) is 62.5 Å². The second kappa shape index (κ2) is 18.7. The van der Waals surface area contributed by atoms with Crippen molar-refractivity contribution in [3.63, 3.8) is 0 Å². The van der Waals surface area contributed by atoms with E-state index in [-0.39, 0.29) is 28.1 Å². The maximum absolute atomic E-state index is 15.4. The molecule has 0 saturated heterocycles. The number of carbonyl (C=O) groups is 1. The Kier molecular flexibility index (Phi) is 17.5. The lowest BCUT2D eigenvalue weighted by Gasteiger charge is -2.37. The third-order valence-electron chi connectivity index (χ3n) is 5.31. The molecule has 1 aliphatic heterocycles. The van der Waals surface area contributed by atoms with Crippen LogP contribution in [-0.2, 0) is 36.9 Å². The molecule has 14 heteroatoms. The van der Waals surface area contributed by atoms with Crippen molar-refractivity contribution in [2.45, 2.75) is 64.7 Å². The Morgan fingerprint density at radius 3 is 2.46 bits per heavy atom. The Labute approximate surface area is 236 Å². The van der Waals surface area contributed by atoms with Crippen LogP contribution >= 0.6 is 34.5 Å². The Morgan fingerprint density at radius 2 is 1.87 bits per heavy atom. The number of allylic oxidation sites excluding steroid dienone is 4. The van der Waals surface area contributed by atoms with Gasteiger partial charge in [0.05, 0.1) is 32.0 Å². The average molecular weight is 630 g/mol. The largest absolute Gasteiger partial charge is 0.459 e. The van der Waals surface area contributed by atoms with E-state index in [2.05, 4.69) is 18.4 Å². The van der Waals surface area contributed by atoms with E-state index >= 15 is 8.78 Å². The van der Waals surface area contributed by atoms with E-state index in [4.69, 9.17) is 27.6 Å². The maximum atomic E-state index is 15.4. The first-order valence-electron chi connectivity index (χ1n) is 12.4. The molecule has 0 aromatic rings. The van der Waals surface area contributed by atoms with Crippen molar-refractivity contribution >= 4 is 40.5 Å². The number of ether oxygens (including phenoxy) is 2. The molecule has 0 amide bonds. The van der Waals surface area contributed by atoms with Gasteiger partial charge in [-0.1, -0.05) is 71.4 Å². The summed E-state index contributed by atoms with van der Waals surface area (Å²) in [6.07, 6.45) is 15.0. The van der Waals surface area contributed by atoms with Crippen molar-refractivity contribution in [3.05, 3.63) is 60.8 Å². The predicted molar refractivity (Wildman–Crippen MR) is 158 cm³/mol. The molecule has 0 radical (unpaired) electrons. The Morgan fingerprint density at radius 1 is 1.21 bits per heavy atom. The molecule has 6 atom stereocenters. The molecule has 0 aliphatic carbocycles. The molecule has 0 aromatic carbocycles. The normalized spacial score (nSPS) is 19.4. The van der Waals surface area contributed by atoms with Crippen molar-refractivity contribution in [2.24, 2.45) is 5.41 Å². The highest BCUT2D eigenvalue weighted by atomic mass is 32.0. The molecule has 8 nitrogen and oxygen atoms in total. The van der Waals surface area contributed by atoms with Gasteiger partial charge in [0.25, 0.3) is 0 Å². The summed E-state index contributed by atoms with van der Waals surface area (Å²) in [4.78, 5) is 11.6. The van der Waals surface area contributed by atoms with Gasteiger partial charge < -0.3 is 27.6 Å². The van der Waals surface area contributed by atoms with Crippen LogP contribution in [0, 0.1) is 5.41 Å². The summed E-state index contributed by atoms with van der Waals surface area (Å²) >= 11 is 0. The fourth-order valence-corrected chi connectivity index (χ4v) is 5.65. The Hall–Kier alpha value is -0.650. The van der Waals surface area contributed by atoms with Crippen molar-refractivity contribution in [3.8, 4) is 0 Å². The van der Waals surface area contributed by atoms with E-state index in [1.807, 2.05) is 6.08 Å². The number of hydrogen-bond donors (Lipinski definition) is 0. The van der Waals surface area contributed by atoms with E-state index in [0.29, 0.717) is 13.0 Å². The van der Waals surface area contributed by atoms with Crippen molar-refractivity contribution in [1.29, 1.82) is 0 Å². The minimum absolute atomic E-state index is 0.0101. The van der Waals surface area contributed by atoms with Gasteiger partial charge in [0, 0.05) is 42.3 Å². The number of hydrogen-bond acceptors (Lipinski definition) is 8. The molecule has 1 aliphatic rings. The summed E-state index contributed by atoms with van der Waals surface area (Å²) in [7, 11) is -0.346. The Balaban J connectivity index is 3.29. The van der Waals surface area contributed by atoms with Gasteiger partial charge in [0.15, 0.2) is 0 Å². The molecular weight excluding hydrogens is 590 g/mol. The lowest BCUT2D eigenvalue weighted by atomic mass is 9.82. The van der Waals surface area contributed by atoms with Crippen LogP contribution in [0.25, 0.3) is 0 Å².